The molecule has 1 aromatic heterocycles. The predicted molar refractivity (Wildman–Crippen MR) is 109 cm³/mol. The molecule has 5 nitrogen and oxygen atoms in total. The first kappa shape index (κ1) is 18.7. The van der Waals surface area contributed by atoms with Crippen molar-refractivity contribution in [2.75, 3.05) is 26.1 Å². The fraction of sp³-hybridized carbons (Fsp3) is 0.273. The average molecular weight is 363 g/mol. The van der Waals surface area contributed by atoms with E-state index in [0.717, 1.165) is 42.2 Å². The molecule has 0 aliphatic carbocycles. The maximum absolute atomic E-state index is 5.29. The van der Waals surface area contributed by atoms with Crippen LogP contribution in [-0.4, -0.2) is 30.7 Å². The number of aromatic nitrogens is 2. The number of nitrogens with zero attached hydrogens (tertiary/aromatic N) is 2. The van der Waals surface area contributed by atoms with Gasteiger partial charge in [-0.3, -0.25) is 0 Å². The highest BCUT2D eigenvalue weighted by Crippen LogP contribution is 2.23. The molecule has 0 saturated heterocycles. The van der Waals surface area contributed by atoms with Crippen molar-refractivity contribution < 1.29 is 9.47 Å². The fourth-order valence-corrected chi connectivity index (χ4v) is 2.83. The molecule has 0 bridgehead atoms. The molecule has 140 valence electrons. The maximum Gasteiger partial charge on any atom is 0.318 e. The summed E-state index contributed by atoms with van der Waals surface area (Å²) in [6.07, 6.45) is 1.87. The molecule has 2 aromatic carbocycles. The lowest BCUT2D eigenvalue weighted by molar-refractivity contribution is 0.381. The number of rotatable bonds is 8. The molecule has 0 aliphatic heterocycles. The van der Waals surface area contributed by atoms with Crippen LogP contribution in [-0.2, 0) is 12.8 Å². The Bertz CT molecular complexity index is 879. The molecule has 0 amide bonds. The van der Waals surface area contributed by atoms with Gasteiger partial charge in [-0.05, 0) is 42.2 Å². The van der Waals surface area contributed by atoms with Gasteiger partial charge < -0.3 is 14.8 Å². The number of hydrogen-bond acceptors (Lipinski definition) is 5. The molecule has 0 aliphatic rings. The van der Waals surface area contributed by atoms with Gasteiger partial charge in [0, 0.05) is 18.2 Å². The lowest BCUT2D eigenvalue weighted by Crippen LogP contribution is -2.08. The summed E-state index contributed by atoms with van der Waals surface area (Å²) in [5.74, 6) is 1.62. The Kier molecular flexibility index (Phi) is 6.26. The SMILES string of the molecule is CCc1cccc(-c2cc(NCCc3ccc(OC)cc3)nc(OC)n2)c1. The fourth-order valence-electron chi connectivity index (χ4n) is 2.83. The third-order valence-electron chi connectivity index (χ3n) is 4.40. The van der Waals surface area contributed by atoms with Gasteiger partial charge in [0.1, 0.15) is 11.6 Å². The first-order chi connectivity index (χ1) is 13.2. The van der Waals surface area contributed by atoms with Crippen molar-refractivity contribution in [1.82, 2.24) is 9.97 Å². The first-order valence-corrected chi connectivity index (χ1v) is 9.11. The number of ether oxygens (including phenoxy) is 2. The molecule has 0 atom stereocenters. The Hall–Kier alpha value is -3.08. The summed E-state index contributed by atoms with van der Waals surface area (Å²) >= 11 is 0. The van der Waals surface area contributed by atoms with E-state index < -0.39 is 0 Å². The Morgan fingerprint density at radius 2 is 1.70 bits per heavy atom. The van der Waals surface area contributed by atoms with Crippen molar-refractivity contribution in [1.29, 1.82) is 0 Å². The van der Waals surface area contributed by atoms with Crippen LogP contribution in [0.25, 0.3) is 11.3 Å². The van der Waals surface area contributed by atoms with E-state index in [1.54, 1.807) is 14.2 Å². The number of aryl methyl sites for hydroxylation is 1. The second kappa shape index (κ2) is 9.03. The van der Waals surface area contributed by atoms with Crippen LogP contribution in [0, 0.1) is 0 Å². The van der Waals surface area contributed by atoms with Crippen LogP contribution in [0.4, 0.5) is 5.82 Å². The van der Waals surface area contributed by atoms with E-state index in [0.29, 0.717) is 6.01 Å². The maximum atomic E-state index is 5.29. The van der Waals surface area contributed by atoms with Crippen molar-refractivity contribution in [2.24, 2.45) is 0 Å². The Morgan fingerprint density at radius 1 is 0.889 bits per heavy atom. The van der Waals surface area contributed by atoms with E-state index in [1.807, 2.05) is 18.2 Å². The summed E-state index contributed by atoms with van der Waals surface area (Å²) in [6, 6.07) is 18.8. The van der Waals surface area contributed by atoms with Gasteiger partial charge in [0.15, 0.2) is 0 Å². The first-order valence-electron chi connectivity index (χ1n) is 9.11. The highest BCUT2D eigenvalue weighted by atomic mass is 16.5. The van der Waals surface area contributed by atoms with Crippen molar-refractivity contribution in [3.63, 3.8) is 0 Å². The second-order valence-electron chi connectivity index (χ2n) is 6.20. The van der Waals surface area contributed by atoms with Crippen LogP contribution in [0.15, 0.2) is 54.6 Å². The summed E-state index contributed by atoms with van der Waals surface area (Å²) in [5, 5.41) is 3.37. The third kappa shape index (κ3) is 4.97. The van der Waals surface area contributed by atoms with Gasteiger partial charge >= 0.3 is 6.01 Å². The average Bonchev–Trinajstić information content (AvgIpc) is 2.74. The zero-order chi connectivity index (χ0) is 19.1. The molecular weight excluding hydrogens is 338 g/mol. The number of hydrogen-bond donors (Lipinski definition) is 1. The topological polar surface area (TPSA) is 56.3 Å². The van der Waals surface area contributed by atoms with Crippen LogP contribution in [0.5, 0.6) is 11.8 Å². The van der Waals surface area contributed by atoms with Gasteiger partial charge in [-0.2, -0.15) is 9.97 Å². The lowest BCUT2D eigenvalue weighted by Gasteiger charge is -2.10. The number of nitrogens with one attached hydrogen (secondary N) is 1. The van der Waals surface area contributed by atoms with E-state index in [9.17, 15) is 0 Å². The van der Waals surface area contributed by atoms with E-state index in [2.05, 4.69) is 58.6 Å². The molecule has 0 fully saturated rings. The van der Waals surface area contributed by atoms with Crippen LogP contribution in [0.2, 0.25) is 0 Å². The van der Waals surface area contributed by atoms with Crippen LogP contribution in [0.3, 0.4) is 0 Å². The number of methoxy groups -OCH3 is 2. The predicted octanol–water partition coefficient (Wildman–Crippen LogP) is 4.38. The zero-order valence-corrected chi connectivity index (χ0v) is 16.0. The van der Waals surface area contributed by atoms with Crippen molar-refractivity contribution in [2.45, 2.75) is 19.8 Å². The third-order valence-corrected chi connectivity index (χ3v) is 4.40. The molecule has 0 unspecified atom stereocenters. The summed E-state index contributed by atoms with van der Waals surface area (Å²) in [7, 11) is 3.26. The van der Waals surface area contributed by atoms with Crippen LogP contribution < -0.4 is 14.8 Å². The Balaban J connectivity index is 1.72. The summed E-state index contributed by atoms with van der Waals surface area (Å²) in [6.45, 7) is 2.91. The number of benzene rings is 2. The van der Waals surface area contributed by atoms with Gasteiger partial charge in [-0.15, -0.1) is 0 Å². The largest absolute Gasteiger partial charge is 0.497 e. The monoisotopic (exact) mass is 363 g/mol. The second-order valence-corrected chi connectivity index (χ2v) is 6.20. The highest BCUT2D eigenvalue weighted by molar-refractivity contribution is 5.63. The van der Waals surface area contributed by atoms with Gasteiger partial charge in [-0.25, -0.2) is 0 Å². The minimum Gasteiger partial charge on any atom is -0.497 e. The van der Waals surface area contributed by atoms with Crippen molar-refractivity contribution in [3.8, 4) is 23.0 Å². The minimum atomic E-state index is 0.362. The van der Waals surface area contributed by atoms with Gasteiger partial charge in [0.2, 0.25) is 0 Å². The molecule has 27 heavy (non-hydrogen) atoms. The molecule has 1 N–H and O–H groups in total. The molecule has 5 heteroatoms. The van der Waals surface area contributed by atoms with E-state index in [-0.39, 0.29) is 0 Å². The summed E-state index contributed by atoms with van der Waals surface area (Å²) in [5.41, 5.74) is 4.43. The molecule has 3 rings (SSSR count). The van der Waals surface area contributed by atoms with Crippen molar-refractivity contribution in [3.05, 3.63) is 65.7 Å². The Labute approximate surface area is 160 Å². The quantitative estimate of drug-likeness (QED) is 0.644. The molecular formula is C22H25N3O2. The van der Waals surface area contributed by atoms with Crippen molar-refractivity contribution >= 4 is 5.82 Å². The van der Waals surface area contributed by atoms with Gasteiger partial charge in [-0.1, -0.05) is 37.3 Å². The van der Waals surface area contributed by atoms with E-state index in [1.165, 1.54) is 11.1 Å². The molecule has 3 aromatic rings. The molecule has 0 radical (unpaired) electrons. The number of anilines is 1. The highest BCUT2D eigenvalue weighted by Gasteiger charge is 2.08. The molecule has 0 saturated carbocycles. The zero-order valence-electron chi connectivity index (χ0n) is 16.0. The normalized spacial score (nSPS) is 10.5. The lowest BCUT2D eigenvalue weighted by atomic mass is 10.1. The van der Waals surface area contributed by atoms with Gasteiger partial charge in [0.05, 0.1) is 19.9 Å². The summed E-state index contributed by atoms with van der Waals surface area (Å²) in [4.78, 5) is 8.91. The van der Waals surface area contributed by atoms with Crippen LogP contribution >= 0.6 is 0 Å². The molecule has 0 spiro atoms. The summed E-state index contributed by atoms with van der Waals surface area (Å²) < 4.78 is 10.5. The van der Waals surface area contributed by atoms with E-state index in [4.69, 9.17) is 9.47 Å². The Morgan fingerprint density at radius 3 is 2.41 bits per heavy atom. The molecule has 1 heterocycles. The van der Waals surface area contributed by atoms with Gasteiger partial charge in [0.25, 0.3) is 0 Å². The van der Waals surface area contributed by atoms with E-state index >= 15 is 0 Å². The minimum absolute atomic E-state index is 0.362. The smallest absolute Gasteiger partial charge is 0.318 e. The standard InChI is InChI=1S/C22H25N3O2/c1-4-16-6-5-7-18(14-16)20-15-21(25-22(24-20)27-3)23-13-12-17-8-10-19(26-2)11-9-17/h5-11,14-15H,4,12-13H2,1-3H3,(H,23,24,25). The van der Waals surface area contributed by atoms with Crippen LogP contribution in [0.1, 0.15) is 18.1 Å².